The Hall–Kier alpha value is -2.62. The molecule has 2 rings (SSSR count). The highest BCUT2D eigenvalue weighted by Crippen LogP contribution is 2.28. The van der Waals surface area contributed by atoms with E-state index in [1.54, 1.807) is 29.2 Å². The molecule has 1 aromatic rings. The molecule has 0 aromatic heterocycles. The Bertz CT molecular complexity index is 979. The summed E-state index contributed by atoms with van der Waals surface area (Å²) in [4.78, 5) is 57.4. The topological polar surface area (TPSA) is 136 Å². The second-order valence-corrected chi connectivity index (χ2v) is 11.0. The first-order chi connectivity index (χ1) is 17.5. The zero-order valence-electron chi connectivity index (χ0n) is 21.6. The normalized spacial score (nSPS) is 16.9. The van der Waals surface area contributed by atoms with Crippen molar-refractivity contribution in [2.24, 2.45) is 34.2 Å². The largest absolute Gasteiger partial charge is 0.370 e. The third-order valence-electron chi connectivity index (χ3n) is 6.65. The van der Waals surface area contributed by atoms with Gasteiger partial charge < -0.3 is 16.4 Å². The molecule has 1 heterocycles. The average molecular weight is 582 g/mol. The lowest BCUT2D eigenvalue weighted by Crippen LogP contribution is -2.45. The maximum absolute atomic E-state index is 13.6. The summed E-state index contributed by atoms with van der Waals surface area (Å²) in [5.41, 5.74) is 11.2. The number of hydrogen-bond donors (Lipinski definition) is 2. The number of guanidine groups is 1. The Kier molecular flexibility index (Phi) is 12.4. The number of ketones is 3. The number of Topliss-reactive ketones (excluding diaryl/α,β-unsaturated/α-hetero) is 3. The van der Waals surface area contributed by atoms with E-state index in [0.717, 1.165) is 4.47 Å². The number of nitrogens with zero attached hydrogens (tertiary/aromatic N) is 2. The van der Waals surface area contributed by atoms with Gasteiger partial charge in [-0.15, -0.1) is 0 Å². The first kappa shape index (κ1) is 30.6. The van der Waals surface area contributed by atoms with Crippen LogP contribution in [0.1, 0.15) is 69.2 Å². The van der Waals surface area contributed by atoms with Gasteiger partial charge in [-0.25, -0.2) is 4.39 Å². The molecule has 0 saturated carbocycles. The van der Waals surface area contributed by atoms with Gasteiger partial charge in [-0.3, -0.25) is 24.2 Å². The number of carbonyl (C=O) groups excluding carboxylic acids is 4. The zero-order chi connectivity index (χ0) is 27.5. The highest BCUT2D eigenvalue weighted by atomic mass is 79.9. The molecule has 8 nitrogen and oxygen atoms in total. The maximum Gasteiger partial charge on any atom is 0.226 e. The fourth-order valence-corrected chi connectivity index (χ4v) is 5.09. The third kappa shape index (κ3) is 9.64. The third-order valence-corrected chi connectivity index (χ3v) is 7.18. The summed E-state index contributed by atoms with van der Waals surface area (Å²) in [7, 11) is 0. The van der Waals surface area contributed by atoms with E-state index in [1.165, 1.54) is 0 Å². The SMILES string of the molecule is CC(C)C[C@H](CC(=O)c1ccc(Br)cc1)C(=O)N1CCC[C@H]1C(=O)C[C@@H](CCCN=C(N)N)C(=O)CF. The highest BCUT2D eigenvalue weighted by Gasteiger charge is 2.38. The van der Waals surface area contributed by atoms with Gasteiger partial charge in [0.2, 0.25) is 5.91 Å². The molecule has 0 spiro atoms. The van der Waals surface area contributed by atoms with Crippen molar-refractivity contribution in [3.63, 3.8) is 0 Å². The summed E-state index contributed by atoms with van der Waals surface area (Å²) in [6.45, 7) is 3.54. The van der Waals surface area contributed by atoms with Crippen LogP contribution < -0.4 is 11.5 Å². The summed E-state index contributed by atoms with van der Waals surface area (Å²) in [6.07, 6.45) is 2.31. The number of likely N-dealkylation sites (tertiary alicyclic amines) is 1. The Balaban J connectivity index is 2.12. The van der Waals surface area contributed by atoms with E-state index in [1.807, 2.05) is 13.8 Å². The molecule has 37 heavy (non-hydrogen) atoms. The van der Waals surface area contributed by atoms with Crippen LogP contribution in [-0.2, 0) is 14.4 Å². The van der Waals surface area contributed by atoms with Crippen molar-refractivity contribution in [1.82, 2.24) is 4.90 Å². The Morgan fingerprint density at radius 2 is 1.78 bits per heavy atom. The van der Waals surface area contributed by atoms with Crippen LogP contribution in [0.5, 0.6) is 0 Å². The van der Waals surface area contributed by atoms with Crippen LogP contribution in [0.25, 0.3) is 0 Å². The van der Waals surface area contributed by atoms with Crippen molar-refractivity contribution >= 4 is 45.1 Å². The lowest BCUT2D eigenvalue weighted by atomic mass is 9.88. The number of halogens is 2. The van der Waals surface area contributed by atoms with Crippen molar-refractivity contribution in [3.05, 3.63) is 34.3 Å². The zero-order valence-corrected chi connectivity index (χ0v) is 23.2. The quantitative estimate of drug-likeness (QED) is 0.140. The summed E-state index contributed by atoms with van der Waals surface area (Å²) in [5.74, 6) is -2.44. The van der Waals surface area contributed by atoms with Gasteiger partial charge in [0, 0.05) is 47.8 Å². The van der Waals surface area contributed by atoms with Gasteiger partial charge in [-0.2, -0.15) is 0 Å². The van der Waals surface area contributed by atoms with Crippen molar-refractivity contribution < 1.29 is 23.6 Å². The number of rotatable bonds is 15. The van der Waals surface area contributed by atoms with Crippen LogP contribution in [0, 0.1) is 17.8 Å². The summed E-state index contributed by atoms with van der Waals surface area (Å²) < 4.78 is 14.0. The summed E-state index contributed by atoms with van der Waals surface area (Å²) in [5, 5.41) is 0. The van der Waals surface area contributed by atoms with Gasteiger partial charge in [-0.05, 0) is 50.2 Å². The van der Waals surface area contributed by atoms with Gasteiger partial charge in [0.25, 0.3) is 0 Å². The summed E-state index contributed by atoms with van der Waals surface area (Å²) in [6, 6.07) is 6.35. The lowest BCUT2D eigenvalue weighted by Gasteiger charge is -2.29. The van der Waals surface area contributed by atoms with Gasteiger partial charge in [-0.1, -0.05) is 41.9 Å². The first-order valence-corrected chi connectivity index (χ1v) is 13.6. The number of aliphatic imine (C=N–C) groups is 1. The molecule has 1 amide bonds. The van der Waals surface area contributed by atoms with E-state index >= 15 is 0 Å². The smallest absolute Gasteiger partial charge is 0.226 e. The number of alkyl halides is 1. The van der Waals surface area contributed by atoms with E-state index in [-0.39, 0.29) is 55.2 Å². The number of amides is 1. The number of hydrogen-bond acceptors (Lipinski definition) is 5. The second kappa shape index (κ2) is 15.0. The minimum atomic E-state index is -1.15. The van der Waals surface area contributed by atoms with Gasteiger partial charge in [0.1, 0.15) is 6.67 Å². The van der Waals surface area contributed by atoms with Crippen molar-refractivity contribution in [1.29, 1.82) is 0 Å². The van der Waals surface area contributed by atoms with Crippen LogP contribution in [-0.4, -0.2) is 59.9 Å². The molecule has 0 aliphatic carbocycles. The first-order valence-electron chi connectivity index (χ1n) is 12.8. The maximum atomic E-state index is 13.6. The minimum Gasteiger partial charge on any atom is -0.370 e. The molecule has 1 fully saturated rings. The Morgan fingerprint density at radius 1 is 1.11 bits per heavy atom. The van der Waals surface area contributed by atoms with Crippen LogP contribution in [0.4, 0.5) is 4.39 Å². The van der Waals surface area contributed by atoms with E-state index in [2.05, 4.69) is 20.9 Å². The van der Waals surface area contributed by atoms with Gasteiger partial charge in [0.05, 0.1) is 6.04 Å². The predicted molar refractivity (Wildman–Crippen MR) is 145 cm³/mol. The van der Waals surface area contributed by atoms with Crippen LogP contribution in [0.3, 0.4) is 0 Å². The van der Waals surface area contributed by atoms with Gasteiger partial charge in [0.15, 0.2) is 23.3 Å². The molecule has 0 bridgehead atoms. The molecular formula is C27H38BrFN4O4. The molecular weight excluding hydrogens is 543 g/mol. The molecule has 3 atom stereocenters. The second-order valence-electron chi connectivity index (χ2n) is 10.1. The van der Waals surface area contributed by atoms with Crippen molar-refractivity contribution in [2.75, 3.05) is 19.8 Å². The molecule has 1 aliphatic heterocycles. The van der Waals surface area contributed by atoms with E-state index < -0.39 is 30.3 Å². The average Bonchev–Trinajstić information content (AvgIpc) is 3.34. The molecule has 4 N–H and O–H groups in total. The van der Waals surface area contributed by atoms with Crippen molar-refractivity contribution in [2.45, 2.75) is 64.8 Å². The highest BCUT2D eigenvalue weighted by molar-refractivity contribution is 9.10. The molecule has 1 aromatic carbocycles. The molecule has 1 saturated heterocycles. The fourth-order valence-electron chi connectivity index (χ4n) is 4.83. The van der Waals surface area contributed by atoms with Crippen LogP contribution in [0.2, 0.25) is 0 Å². The monoisotopic (exact) mass is 580 g/mol. The van der Waals surface area contributed by atoms with E-state index in [4.69, 9.17) is 11.5 Å². The molecule has 10 heteroatoms. The Morgan fingerprint density at radius 3 is 2.38 bits per heavy atom. The standard InChI is InChI=1S/C27H38BrFN4O4/c1-17(2)13-20(15-23(34)18-7-9-21(28)10-8-18)26(37)33-12-4-6-22(33)24(35)14-19(25(36)16-29)5-3-11-32-27(30)31/h7-10,17,19-20,22H,3-6,11-16H2,1-2H3,(H4,30,31,32)/t19-,20-,22+/m1/s1. The number of benzene rings is 1. The lowest BCUT2D eigenvalue weighted by molar-refractivity contribution is -0.142. The predicted octanol–water partition coefficient (Wildman–Crippen LogP) is 3.84. The molecule has 204 valence electrons. The van der Waals surface area contributed by atoms with Crippen LogP contribution in [0.15, 0.2) is 33.7 Å². The molecule has 0 unspecified atom stereocenters. The number of nitrogens with two attached hydrogens (primary N) is 2. The fraction of sp³-hybridized carbons (Fsp3) is 0.593. The van der Waals surface area contributed by atoms with E-state index in [0.29, 0.717) is 37.8 Å². The number of carbonyl (C=O) groups is 4. The molecule has 1 aliphatic rings. The summed E-state index contributed by atoms with van der Waals surface area (Å²) >= 11 is 3.36. The van der Waals surface area contributed by atoms with Crippen molar-refractivity contribution in [3.8, 4) is 0 Å². The minimum absolute atomic E-state index is 0.0593. The molecule has 0 radical (unpaired) electrons. The Labute approximate surface area is 226 Å². The van der Waals surface area contributed by atoms with Gasteiger partial charge >= 0.3 is 0 Å². The van der Waals surface area contributed by atoms with Crippen LogP contribution >= 0.6 is 15.9 Å². The van der Waals surface area contributed by atoms with E-state index in [9.17, 15) is 23.6 Å².